The lowest BCUT2D eigenvalue weighted by Crippen LogP contribution is -2.45. The topological polar surface area (TPSA) is 54.5 Å². The van der Waals surface area contributed by atoms with E-state index in [-0.39, 0.29) is 12.1 Å². The van der Waals surface area contributed by atoms with E-state index in [1.54, 1.807) is 11.3 Å². The van der Waals surface area contributed by atoms with Crippen molar-refractivity contribution in [2.45, 2.75) is 52.2 Å². The van der Waals surface area contributed by atoms with Gasteiger partial charge < -0.3 is 15.0 Å². The molecule has 0 aliphatic carbocycles. The first kappa shape index (κ1) is 17.2. The number of hydrogen-bond donors (Lipinski definition) is 1. The van der Waals surface area contributed by atoms with Crippen LogP contribution < -0.4 is 5.32 Å². The van der Waals surface area contributed by atoms with Gasteiger partial charge in [-0.2, -0.15) is 0 Å². The summed E-state index contributed by atoms with van der Waals surface area (Å²) in [4.78, 5) is 18.3. The monoisotopic (exact) mass is 325 g/mol. The summed E-state index contributed by atoms with van der Waals surface area (Å²) in [5, 5.41) is 6.64. The summed E-state index contributed by atoms with van der Waals surface area (Å²) in [5.41, 5.74) is -0.429. The lowest BCUT2D eigenvalue weighted by molar-refractivity contribution is 0.0165. The molecule has 1 saturated heterocycles. The molecule has 0 aromatic carbocycles. The third-order valence-electron chi connectivity index (χ3n) is 3.71. The zero-order valence-corrected chi connectivity index (χ0v) is 14.8. The van der Waals surface area contributed by atoms with E-state index in [0.29, 0.717) is 5.92 Å². The van der Waals surface area contributed by atoms with Crippen molar-refractivity contribution in [3.8, 4) is 0 Å². The Morgan fingerprint density at radius 1 is 1.59 bits per heavy atom. The summed E-state index contributed by atoms with van der Waals surface area (Å²) >= 11 is 1.67. The van der Waals surface area contributed by atoms with Crippen LogP contribution in [0.25, 0.3) is 0 Å². The van der Waals surface area contributed by atoms with Crippen molar-refractivity contribution in [2.75, 3.05) is 19.6 Å². The highest BCUT2D eigenvalue weighted by molar-refractivity contribution is 7.09. The Bertz CT molecular complexity index is 470. The Hall–Kier alpha value is -1.14. The first-order valence-corrected chi connectivity index (χ1v) is 8.84. The highest BCUT2D eigenvalue weighted by Gasteiger charge is 2.27. The summed E-state index contributed by atoms with van der Waals surface area (Å²) < 4.78 is 5.47. The highest BCUT2D eigenvalue weighted by atomic mass is 32.1. The third kappa shape index (κ3) is 5.25. The standard InChI is InChI=1S/C16H27N3O2S/c1-12(14-17-7-9-22-14)18-10-13-6-5-8-19(11-13)15(20)21-16(2,3)4/h7,9,12-13,18H,5-6,8,10-11H2,1-4H3/t12-,13-/m1/s1. The van der Waals surface area contributed by atoms with E-state index in [0.717, 1.165) is 37.5 Å². The van der Waals surface area contributed by atoms with Gasteiger partial charge in [-0.15, -0.1) is 11.3 Å². The van der Waals surface area contributed by atoms with Crippen LogP contribution in [0.4, 0.5) is 4.79 Å². The number of carbonyl (C=O) groups excluding carboxylic acids is 1. The molecule has 2 rings (SSSR count). The second kappa shape index (κ2) is 7.42. The summed E-state index contributed by atoms with van der Waals surface area (Å²) in [5.74, 6) is 0.476. The van der Waals surface area contributed by atoms with Crippen molar-refractivity contribution in [1.82, 2.24) is 15.2 Å². The normalized spacial score (nSPS) is 20.7. The first-order valence-electron chi connectivity index (χ1n) is 7.96. The van der Waals surface area contributed by atoms with Gasteiger partial charge in [0.05, 0.1) is 6.04 Å². The molecule has 1 aliphatic rings. The van der Waals surface area contributed by atoms with Crippen molar-refractivity contribution in [1.29, 1.82) is 0 Å². The van der Waals surface area contributed by atoms with E-state index in [9.17, 15) is 4.79 Å². The number of hydrogen-bond acceptors (Lipinski definition) is 5. The fourth-order valence-electron chi connectivity index (χ4n) is 2.60. The molecule has 6 heteroatoms. The summed E-state index contributed by atoms with van der Waals surface area (Å²) in [7, 11) is 0. The van der Waals surface area contributed by atoms with Crippen molar-refractivity contribution >= 4 is 17.4 Å². The van der Waals surface area contributed by atoms with Crippen molar-refractivity contribution < 1.29 is 9.53 Å². The molecule has 1 aromatic heterocycles. The van der Waals surface area contributed by atoms with Crippen LogP contribution in [0.5, 0.6) is 0 Å². The Labute approximate surface area is 137 Å². The van der Waals surface area contributed by atoms with Gasteiger partial charge in [0, 0.05) is 31.2 Å². The molecular formula is C16H27N3O2S. The van der Waals surface area contributed by atoms with Crippen LogP contribution in [-0.2, 0) is 4.74 Å². The molecule has 0 radical (unpaired) electrons. The predicted molar refractivity (Wildman–Crippen MR) is 89.1 cm³/mol. The maximum absolute atomic E-state index is 12.2. The number of carbonyl (C=O) groups is 1. The van der Waals surface area contributed by atoms with E-state index in [1.165, 1.54) is 0 Å². The molecule has 1 amide bonds. The van der Waals surface area contributed by atoms with Gasteiger partial charge in [-0.1, -0.05) is 0 Å². The predicted octanol–water partition coefficient (Wildman–Crippen LogP) is 3.44. The van der Waals surface area contributed by atoms with E-state index < -0.39 is 5.60 Å². The lowest BCUT2D eigenvalue weighted by Gasteiger charge is -2.34. The molecular weight excluding hydrogens is 298 g/mol. The van der Waals surface area contributed by atoms with E-state index in [4.69, 9.17) is 4.74 Å². The Kier molecular flexibility index (Phi) is 5.81. The Balaban J connectivity index is 1.79. The second-order valence-electron chi connectivity index (χ2n) is 6.93. The molecule has 0 bridgehead atoms. The minimum atomic E-state index is -0.429. The summed E-state index contributed by atoms with van der Waals surface area (Å²) in [6, 6.07) is 0.261. The molecule has 124 valence electrons. The van der Waals surface area contributed by atoms with E-state index >= 15 is 0 Å². The molecule has 1 aliphatic heterocycles. The van der Waals surface area contributed by atoms with Crippen LogP contribution in [0.1, 0.15) is 51.6 Å². The maximum Gasteiger partial charge on any atom is 0.410 e. The van der Waals surface area contributed by atoms with Gasteiger partial charge in [0.15, 0.2) is 0 Å². The van der Waals surface area contributed by atoms with Crippen LogP contribution in [0, 0.1) is 5.92 Å². The van der Waals surface area contributed by atoms with Crippen LogP contribution in [0.3, 0.4) is 0 Å². The average Bonchev–Trinajstić information content (AvgIpc) is 2.97. The molecule has 5 nitrogen and oxygen atoms in total. The molecule has 1 aromatic rings. The fourth-order valence-corrected chi connectivity index (χ4v) is 3.27. The average molecular weight is 325 g/mol. The molecule has 1 fully saturated rings. The number of nitrogens with one attached hydrogen (secondary N) is 1. The maximum atomic E-state index is 12.2. The number of ether oxygens (including phenoxy) is 1. The molecule has 22 heavy (non-hydrogen) atoms. The van der Waals surface area contributed by atoms with Crippen LogP contribution in [0.15, 0.2) is 11.6 Å². The molecule has 0 spiro atoms. The quantitative estimate of drug-likeness (QED) is 0.921. The number of rotatable bonds is 4. The van der Waals surface area contributed by atoms with Gasteiger partial charge >= 0.3 is 6.09 Å². The van der Waals surface area contributed by atoms with Crippen molar-refractivity contribution in [2.24, 2.45) is 5.92 Å². The minimum Gasteiger partial charge on any atom is -0.444 e. The fraction of sp³-hybridized carbons (Fsp3) is 0.750. The Morgan fingerprint density at radius 3 is 3.00 bits per heavy atom. The van der Waals surface area contributed by atoms with Crippen LogP contribution >= 0.6 is 11.3 Å². The number of nitrogens with zero attached hydrogens (tertiary/aromatic N) is 2. The molecule has 2 atom stereocenters. The summed E-state index contributed by atoms with van der Waals surface area (Å²) in [6.45, 7) is 10.3. The van der Waals surface area contributed by atoms with Gasteiger partial charge in [-0.3, -0.25) is 0 Å². The number of thiazole rings is 1. The third-order valence-corrected chi connectivity index (χ3v) is 4.66. The van der Waals surface area contributed by atoms with Crippen molar-refractivity contribution in [3.63, 3.8) is 0 Å². The van der Waals surface area contributed by atoms with E-state index in [1.807, 2.05) is 37.2 Å². The van der Waals surface area contributed by atoms with Gasteiger partial charge in [0.1, 0.15) is 10.6 Å². The van der Waals surface area contributed by atoms with E-state index in [2.05, 4.69) is 17.2 Å². The van der Waals surface area contributed by atoms with Gasteiger partial charge in [0.25, 0.3) is 0 Å². The second-order valence-corrected chi connectivity index (χ2v) is 7.86. The molecule has 2 heterocycles. The molecule has 1 N–H and O–H groups in total. The minimum absolute atomic E-state index is 0.190. The van der Waals surface area contributed by atoms with Crippen LogP contribution in [-0.4, -0.2) is 41.2 Å². The number of aromatic nitrogens is 1. The highest BCUT2D eigenvalue weighted by Crippen LogP contribution is 2.20. The number of amides is 1. The van der Waals surface area contributed by atoms with Gasteiger partial charge in [-0.05, 0) is 46.5 Å². The summed E-state index contributed by atoms with van der Waals surface area (Å²) in [6.07, 6.45) is 3.84. The van der Waals surface area contributed by atoms with Gasteiger partial charge in [0.2, 0.25) is 0 Å². The lowest BCUT2D eigenvalue weighted by atomic mass is 9.98. The first-order chi connectivity index (χ1) is 10.3. The zero-order valence-electron chi connectivity index (χ0n) is 14.0. The van der Waals surface area contributed by atoms with Crippen LogP contribution in [0.2, 0.25) is 0 Å². The smallest absolute Gasteiger partial charge is 0.410 e. The number of piperidine rings is 1. The Morgan fingerprint density at radius 2 is 2.36 bits per heavy atom. The largest absolute Gasteiger partial charge is 0.444 e. The molecule has 0 unspecified atom stereocenters. The van der Waals surface area contributed by atoms with Crippen molar-refractivity contribution in [3.05, 3.63) is 16.6 Å². The molecule has 0 saturated carbocycles. The SMILES string of the molecule is C[C@@H](NC[C@H]1CCCN(C(=O)OC(C)(C)C)C1)c1nccs1. The zero-order chi connectivity index (χ0) is 16.2. The van der Waals surface area contributed by atoms with Gasteiger partial charge in [-0.25, -0.2) is 9.78 Å². The number of likely N-dealkylation sites (tertiary alicyclic amines) is 1.